The summed E-state index contributed by atoms with van der Waals surface area (Å²) in [4.78, 5) is 0. The number of halogens is 1. The van der Waals surface area contributed by atoms with E-state index >= 15 is 0 Å². The maximum absolute atomic E-state index is 12.7. The summed E-state index contributed by atoms with van der Waals surface area (Å²) in [7, 11) is -0.847. The third kappa shape index (κ3) is 2.10. The molecule has 90 valence electrons. The monoisotopic (exact) mass is 244 g/mol. The molecule has 0 spiro atoms. The van der Waals surface area contributed by atoms with Crippen LogP contribution in [0.4, 0.5) is 4.39 Å². The first-order valence-electron chi connectivity index (χ1n) is 5.58. The Morgan fingerprint density at radius 3 is 2.61 bits per heavy atom. The maximum Gasteiger partial charge on any atom is 0.491 e. The molecule has 2 aromatic rings. The van der Waals surface area contributed by atoms with Gasteiger partial charge in [-0.15, -0.1) is 0 Å². The lowest BCUT2D eigenvalue weighted by Gasteiger charge is -2.07. The number of hydrogen-bond acceptors (Lipinski definition) is 3. The third-order valence-electron chi connectivity index (χ3n) is 2.83. The molecule has 2 aromatic carbocycles. The van der Waals surface area contributed by atoms with Crippen molar-refractivity contribution < 1.29 is 18.8 Å². The molecule has 0 aliphatic carbocycles. The molecule has 0 fully saturated rings. The van der Waals surface area contributed by atoms with E-state index in [1.807, 2.05) is 6.07 Å². The minimum atomic E-state index is -0.847. The molecule has 0 saturated heterocycles. The van der Waals surface area contributed by atoms with Gasteiger partial charge in [0.05, 0.1) is 6.61 Å². The molecule has 1 N–H and O–H groups in total. The standard InChI is InChI=1S/C13H10BFO3/c15-10-1-3-11(4-2-10)18-12-5-6-13-9(7-12)8-17-14(13)16/h1-7,16H,8H2. The molecule has 1 aliphatic rings. The van der Waals surface area contributed by atoms with E-state index in [1.54, 1.807) is 24.3 Å². The molecule has 0 unspecified atom stereocenters. The lowest BCUT2D eigenvalue weighted by molar-refractivity contribution is 0.275. The van der Waals surface area contributed by atoms with E-state index in [-0.39, 0.29) is 5.82 Å². The Morgan fingerprint density at radius 2 is 1.83 bits per heavy atom. The highest BCUT2D eigenvalue weighted by Gasteiger charge is 2.27. The number of ether oxygens (including phenoxy) is 1. The van der Waals surface area contributed by atoms with Crippen LogP contribution >= 0.6 is 0 Å². The molecule has 3 nitrogen and oxygen atoms in total. The van der Waals surface area contributed by atoms with Gasteiger partial charge in [-0.3, -0.25) is 0 Å². The molecule has 1 aliphatic heterocycles. The summed E-state index contributed by atoms with van der Waals surface area (Å²) in [5.41, 5.74) is 1.67. The molecule has 0 bridgehead atoms. The van der Waals surface area contributed by atoms with E-state index in [1.165, 1.54) is 12.1 Å². The topological polar surface area (TPSA) is 38.7 Å². The van der Waals surface area contributed by atoms with Gasteiger partial charge in [-0.2, -0.15) is 0 Å². The van der Waals surface area contributed by atoms with Gasteiger partial charge in [0.15, 0.2) is 0 Å². The van der Waals surface area contributed by atoms with Gasteiger partial charge in [-0.25, -0.2) is 4.39 Å². The molecule has 0 atom stereocenters. The summed E-state index contributed by atoms with van der Waals surface area (Å²) >= 11 is 0. The van der Waals surface area contributed by atoms with Gasteiger partial charge in [0.1, 0.15) is 17.3 Å². The van der Waals surface area contributed by atoms with Crippen LogP contribution in [0, 0.1) is 5.82 Å². The number of hydrogen-bond donors (Lipinski definition) is 1. The first kappa shape index (κ1) is 11.3. The largest absolute Gasteiger partial charge is 0.491 e. The predicted octanol–water partition coefficient (Wildman–Crippen LogP) is 1.84. The molecular formula is C13H10BFO3. The van der Waals surface area contributed by atoms with E-state index in [0.29, 0.717) is 18.1 Å². The second-order valence-corrected chi connectivity index (χ2v) is 4.08. The Kier molecular flexibility index (Phi) is 2.78. The van der Waals surface area contributed by atoms with Crippen molar-refractivity contribution in [1.82, 2.24) is 0 Å². The Bertz CT molecular complexity index is 571. The van der Waals surface area contributed by atoms with Gasteiger partial charge in [0, 0.05) is 0 Å². The second-order valence-electron chi connectivity index (χ2n) is 4.08. The summed E-state index contributed by atoms with van der Waals surface area (Å²) in [6.07, 6.45) is 0. The van der Waals surface area contributed by atoms with Gasteiger partial charge in [-0.1, -0.05) is 6.07 Å². The van der Waals surface area contributed by atoms with Crippen molar-refractivity contribution in [2.75, 3.05) is 0 Å². The maximum atomic E-state index is 12.7. The highest BCUT2D eigenvalue weighted by atomic mass is 19.1. The van der Waals surface area contributed by atoms with Crippen LogP contribution in [-0.4, -0.2) is 12.1 Å². The van der Waals surface area contributed by atoms with Crippen LogP contribution in [-0.2, 0) is 11.3 Å². The lowest BCUT2D eigenvalue weighted by Crippen LogP contribution is -2.27. The fourth-order valence-corrected chi connectivity index (χ4v) is 1.91. The number of rotatable bonds is 2. The van der Waals surface area contributed by atoms with Crippen molar-refractivity contribution in [1.29, 1.82) is 0 Å². The predicted molar refractivity (Wildman–Crippen MR) is 65.3 cm³/mol. The highest BCUT2D eigenvalue weighted by molar-refractivity contribution is 6.61. The fraction of sp³-hybridized carbons (Fsp3) is 0.0769. The van der Waals surface area contributed by atoms with Crippen LogP contribution in [0.15, 0.2) is 42.5 Å². The Labute approximate surface area is 104 Å². The average molecular weight is 244 g/mol. The molecule has 0 radical (unpaired) electrons. The van der Waals surface area contributed by atoms with Gasteiger partial charge >= 0.3 is 7.12 Å². The first-order chi connectivity index (χ1) is 8.72. The van der Waals surface area contributed by atoms with E-state index < -0.39 is 7.12 Å². The van der Waals surface area contributed by atoms with Crippen molar-refractivity contribution in [3.63, 3.8) is 0 Å². The molecule has 0 aromatic heterocycles. The van der Waals surface area contributed by atoms with Crippen molar-refractivity contribution in [3.8, 4) is 11.5 Å². The summed E-state index contributed by atoms with van der Waals surface area (Å²) in [5, 5.41) is 9.49. The number of benzene rings is 2. The third-order valence-corrected chi connectivity index (χ3v) is 2.83. The smallest absolute Gasteiger partial charge is 0.457 e. The van der Waals surface area contributed by atoms with Gasteiger partial charge in [-0.05, 0) is 47.4 Å². The highest BCUT2D eigenvalue weighted by Crippen LogP contribution is 2.23. The summed E-state index contributed by atoms with van der Waals surface area (Å²) in [6, 6.07) is 11.1. The number of fused-ring (bicyclic) bond motifs is 1. The lowest BCUT2D eigenvalue weighted by atomic mass is 9.80. The molecular weight excluding hydrogens is 234 g/mol. The van der Waals surface area contributed by atoms with Crippen LogP contribution < -0.4 is 10.2 Å². The summed E-state index contributed by atoms with van der Waals surface area (Å²) in [6.45, 7) is 0.372. The Balaban J connectivity index is 1.84. The minimum absolute atomic E-state index is 0.298. The van der Waals surface area contributed by atoms with E-state index in [9.17, 15) is 9.41 Å². The molecule has 18 heavy (non-hydrogen) atoms. The van der Waals surface area contributed by atoms with E-state index in [0.717, 1.165) is 11.0 Å². The molecule has 1 heterocycles. The van der Waals surface area contributed by atoms with Crippen LogP contribution in [0.5, 0.6) is 11.5 Å². The Morgan fingerprint density at radius 1 is 1.11 bits per heavy atom. The molecule has 5 heteroatoms. The van der Waals surface area contributed by atoms with E-state index in [4.69, 9.17) is 9.39 Å². The molecule has 3 rings (SSSR count). The van der Waals surface area contributed by atoms with Crippen molar-refractivity contribution >= 4 is 12.6 Å². The quantitative estimate of drug-likeness (QED) is 0.819. The average Bonchev–Trinajstić information content (AvgIpc) is 2.74. The SMILES string of the molecule is OB1OCc2cc(Oc3ccc(F)cc3)ccc21. The van der Waals surface area contributed by atoms with Crippen molar-refractivity contribution in [3.05, 3.63) is 53.8 Å². The fourth-order valence-electron chi connectivity index (χ4n) is 1.91. The van der Waals surface area contributed by atoms with Crippen LogP contribution in [0.3, 0.4) is 0 Å². The summed E-state index contributed by atoms with van der Waals surface area (Å²) in [5.74, 6) is 0.904. The zero-order chi connectivity index (χ0) is 12.5. The van der Waals surface area contributed by atoms with Crippen molar-refractivity contribution in [2.24, 2.45) is 0 Å². The van der Waals surface area contributed by atoms with Crippen LogP contribution in [0.2, 0.25) is 0 Å². The molecule has 0 saturated carbocycles. The Hall–Kier alpha value is -1.85. The van der Waals surface area contributed by atoms with Gasteiger partial charge < -0.3 is 14.4 Å². The summed E-state index contributed by atoms with van der Waals surface area (Å²) < 4.78 is 23.4. The zero-order valence-corrected chi connectivity index (χ0v) is 9.47. The van der Waals surface area contributed by atoms with Gasteiger partial charge in [0.2, 0.25) is 0 Å². The first-order valence-corrected chi connectivity index (χ1v) is 5.58. The van der Waals surface area contributed by atoms with Crippen LogP contribution in [0.1, 0.15) is 5.56 Å². The molecule has 0 amide bonds. The zero-order valence-electron chi connectivity index (χ0n) is 9.47. The van der Waals surface area contributed by atoms with Gasteiger partial charge in [0.25, 0.3) is 0 Å². The second kappa shape index (κ2) is 4.44. The van der Waals surface area contributed by atoms with E-state index in [2.05, 4.69) is 0 Å². The normalized spacial score (nSPS) is 13.6. The van der Waals surface area contributed by atoms with Crippen LogP contribution in [0.25, 0.3) is 0 Å². The van der Waals surface area contributed by atoms with Crippen molar-refractivity contribution in [2.45, 2.75) is 6.61 Å². The minimum Gasteiger partial charge on any atom is -0.457 e.